The molecule has 2 amide bonds. The molecule has 0 aliphatic carbocycles. The zero-order valence-corrected chi connectivity index (χ0v) is 16.0. The molecule has 2 N–H and O–H groups in total. The molecule has 3 aromatic rings. The van der Waals surface area contributed by atoms with E-state index in [0.29, 0.717) is 11.3 Å². The summed E-state index contributed by atoms with van der Waals surface area (Å²) in [7, 11) is 0. The fraction of sp³-hybridized carbons (Fsp3) is 0.227. The minimum Gasteiger partial charge on any atom is -0.467 e. The van der Waals surface area contributed by atoms with Gasteiger partial charge in [0.15, 0.2) is 0 Å². The van der Waals surface area contributed by atoms with Crippen LogP contribution in [-0.4, -0.2) is 16.8 Å². The standard InChI is InChI=1S/C22H23N3O3/c1-3-15-7-5-8-16(4-2)20(15)25-21(26)17-10-11-23-19(13-17)22(27)24-14-18-9-6-12-28-18/h5-13H,3-4,14H2,1-2H3,(H,24,27)(H,25,26). The molecule has 0 spiro atoms. The highest BCUT2D eigenvalue weighted by Crippen LogP contribution is 2.23. The van der Waals surface area contributed by atoms with Crippen LogP contribution in [0.1, 0.15) is 51.6 Å². The second kappa shape index (κ2) is 8.99. The van der Waals surface area contributed by atoms with E-state index in [9.17, 15) is 9.59 Å². The summed E-state index contributed by atoms with van der Waals surface area (Å²) >= 11 is 0. The third-order valence-electron chi connectivity index (χ3n) is 4.50. The number of nitrogens with zero attached hydrogens (tertiary/aromatic N) is 1. The number of nitrogens with one attached hydrogen (secondary N) is 2. The summed E-state index contributed by atoms with van der Waals surface area (Å²) in [5.41, 5.74) is 3.57. The topological polar surface area (TPSA) is 84.2 Å². The number of aryl methyl sites for hydroxylation is 2. The zero-order chi connectivity index (χ0) is 19.9. The van der Waals surface area contributed by atoms with Crippen molar-refractivity contribution in [1.82, 2.24) is 10.3 Å². The van der Waals surface area contributed by atoms with E-state index in [4.69, 9.17) is 4.42 Å². The third kappa shape index (κ3) is 4.46. The van der Waals surface area contributed by atoms with Gasteiger partial charge < -0.3 is 15.1 Å². The number of hydrogen-bond donors (Lipinski definition) is 2. The second-order valence-corrected chi connectivity index (χ2v) is 6.30. The first kappa shape index (κ1) is 19.4. The molecule has 0 radical (unpaired) electrons. The van der Waals surface area contributed by atoms with Gasteiger partial charge in [0, 0.05) is 17.4 Å². The number of carbonyl (C=O) groups is 2. The predicted octanol–water partition coefficient (Wildman–Crippen LogP) is 3.98. The molecule has 0 fully saturated rings. The molecule has 144 valence electrons. The lowest BCUT2D eigenvalue weighted by Gasteiger charge is -2.14. The molecular weight excluding hydrogens is 354 g/mol. The molecule has 0 aliphatic heterocycles. The van der Waals surface area contributed by atoms with Crippen molar-refractivity contribution < 1.29 is 14.0 Å². The summed E-state index contributed by atoms with van der Waals surface area (Å²) in [4.78, 5) is 29.2. The fourth-order valence-corrected chi connectivity index (χ4v) is 2.96. The Bertz CT molecular complexity index is 943. The third-order valence-corrected chi connectivity index (χ3v) is 4.50. The Balaban J connectivity index is 1.75. The Morgan fingerprint density at radius 2 is 1.75 bits per heavy atom. The smallest absolute Gasteiger partial charge is 0.270 e. The van der Waals surface area contributed by atoms with Gasteiger partial charge in [-0.05, 0) is 48.2 Å². The summed E-state index contributed by atoms with van der Waals surface area (Å²) < 4.78 is 5.19. The van der Waals surface area contributed by atoms with E-state index in [0.717, 1.165) is 29.7 Å². The van der Waals surface area contributed by atoms with Crippen molar-refractivity contribution >= 4 is 17.5 Å². The van der Waals surface area contributed by atoms with Gasteiger partial charge in [-0.2, -0.15) is 0 Å². The summed E-state index contributed by atoms with van der Waals surface area (Å²) in [6.07, 6.45) is 4.65. The molecule has 2 aromatic heterocycles. The fourth-order valence-electron chi connectivity index (χ4n) is 2.96. The molecule has 0 saturated carbocycles. The van der Waals surface area contributed by atoms with Gasteiger partial charge in [0.05, 0.1) is 12.8 Å². The molecule has 0 atom stereocenters. The highest BCUT2D eigenvalue weighted by molar-refractivity contribution is 6.06. The van der Waals surface area contributed by atoms with Crippen molar-refractivity contribution in [3.63, 3.8) is 0 Å². The average Bonchev–Trinajstić information content (AvgIpc) is 3.25. The van der Waals surface area contributed by atoms with E-state index in [1.165, 1.54) is 12.3 Å². The van der Waals surface area contributed by atoms with Crippen molar-refractivity contribution in [3.8, 4) is 0 Å². The number of furan rings is 1. The van der Waals surface area contributed by atoms with Crippen LogP contribution in [0.3, 0.4) is 0 Å². The SMILES string of the molecule is CCc1cccc(CC)c1NC(=O)c1ccnc(C(=O)NCc2ccco2)c1. The first-order valence-electron chi connectivity index (χ1n) is 9.31. The van der Waals surface area contributed by atoms with Crippen LogP contribution in [0.5, 0.6) is 0 Å². The van der Waals surface area contributed by atoms with Crippen LogP contribution in [0.2, 0.25) is 0 Å². The van der Waals surface area contributed by atoms with E-state index in [2.05, 4.69) is 29.5 Å². The largest absolute Gasteiger partial charge is 0.467 e. The maximum absolute atomic E-state index is 12.8. The number of rotatable bonds is 7. The molecule has 6 nitrogen and oxygen atoms in total. The lowest BCUT2D eigenvalue weighted by Crippen LogP contribution is -2.24. The molecule has 0 bridgehead atoms. The van der Waals surface area contributed by atoms with Crippen LogP contribution in [0.15, 0.2) is 59.3 Å². The van der Waals surface area contributed by atoms with Gasteiger partial charge in [0.1, 0.15) is 11.5 Å². The molecule has 0 unspecified atom stereocenters. The van der Waals surface area contributed by atoms with E-state index in [1.807, 2.05) is 18.2 Å². The van der Waals surface area contributed by atoms with Crippen LogP contribution >= 0.6 is 0 Å². The van der Waals surface area contributed by atoms with Crippen molar-refractivity contribution in [1.29, 1.82) is 0 Å². The van der Waals surface area contributed by atoms with Crippen molar-refractivity contribution in [2.24, 2.45) is 0 Å². The molecule has 0 aliphatic rings. The highest BCUT2D eigenvalue weighted by atomic mass is 16.3. The molecule has 2 heterocycles. The van der Waals surface area contributed by atoms with E-state index in [-0.39, 0.29) is 24.1 Å². The van der Waals surface area contributed by atoms with Crippen LogP contribution in [0, 0.1) is 0 Å². The first-order chi connectivity index (χ1) is 13.6. The number of benzene rings is 1. The van der Waals surface area contributed by atoms with Crippen LogP contribution < -0.4 is 10.6 Å². The monoisotopic (exact) mass is 377 g/mol. The van der Waals surface area contributed by atoms with Gasteiger partial charge in [0.25, 0.3) is 11.8 Å². The molecule has 0 saturated heterocycles. The number of carbonyl (C=O) groups excluding carboxylic acids is 2. The van der Waals surface area contributed by atoms with Crippen molar-refractivity contribution in [2.75, 3.05) is 5.32 Å². The normalized spacial score (nSPS) is 10.5. The summed E-state index contributed by atoms with van der Waals surface area (Å²) in [5.74, 6) is 0.0119. The Hall–Kier alpha value is -3.41. The maximum atomic E-state index is 12.8. The molecule has 1 aromatic carbocycles. The van der Waals surface area contributed by atoms with Crippen LogP contribution in [0.25, 0.3) is 0 Å². The van der Waals surface area contributed by atoms with Gasteiger partial charge in [-0.1, -0.05) is 32.0 Å². The zero-order valence-electron chi connectivity index (χ0n) is 16.0. The maximum Gasteiger partial charge on any atom is 0.270 e. The number of anilines is 1. The van der Waals surface area contributed by atoms with Crippen LogP contribution in [-0.2, 0) is 19.4 Å². The summed E-state index contributed by atoms with van der Waals surface area (Å²) in [6.45, 7) is 4.37. The van der Waals surface area contributed by atoms with E-state index < -0.39 is 0 Å². The minimum atomic E-state index is -0.366. The van der Waals surface area contributed by atoms with Gasteiger partial charge in [-0.25, -0.2) is 0 Å². The second-order valence-electron chi connectivity index (χ2n) is 6.30. The Labute approximate surface area is 164 Å². The Morgan fingerprint density at radius 3 is 2.39 bits per heavy atom. The molecule has 3 rings (SSSR count). The van der Waals surface area contributed by atoms with Gasteiger partial charge in [-0.15, -0.1) is 0 Å². The quantitative estimate of drug-likeness (QED) is 0.652. The Morgan fingerprint density at radius 1 is 1.00 bits per heavy atom. The number of pyridine rings is 1. The summed E-state index contributed by atoms with van der Waals surface area (Å²) in [6, 6.07) is 12.6. The molecule has 6 heteroatoms. The van der Waals surface area contributed by atoms with Gasteiger partial charge >= 0.3 is 0 Å². The first-order valence-corrected chi connectivity index (χ1v) is 9.31. The van der Waals surface area contributed by atoms with Gasteiger partial charge in [0.2, 0.25) is 0 Å². The molecule has 28 heavy (non-hydrogen) atoms. The minimum absolute atomic E-state index is 0.179. The number of para-hydroxylation sites is 1. The van der Waals surface area contributed by atoms with E-state index in [1.54, 1.807) is 24.5 Å². The van der Waals surface area contributed by atoms with Crippen molar-refractivity contribution in [3.05, 3.63) is 83.1 Å². The summed E-state index contributed by atoms with van der Waals surface area (Å²) in [5, 5.41) is 5.73. The average molecular weight is 377 g/mol. The van der Waals surface area contributed by atoms with E-state index >= 15 is 0 Å². The highest BCUT2D eigenvalue weighted by Gasteiger charge is 2.15. The Kier molecular flexibility index (Phi) is 6.22. The number of aromatic nitrogens is 1. The number of hydrogen-bond acceptors (Lipinski definition) is 4. The molecular formula is C22H23N3O3. The lowest BCUT2D eigenvalue weighted by atomic mass is 10.0. The van der Waals surface area contributed by atoms with Crippen molar-refractivity contribution in [2.45, 2.75) is 33.2 Å². The van der Waals surface area contributed by atoms with Gasteiger partial charge in [-0.3, -0.25) is 14.6 Å². The lowest BCUT2D eigenvalue weighted by molar-refractivity contribution is 0.0943. The number of amides is 2. The predicted molar refractivity (Wildman–Crippen MR) is 107 cm³/mol. The van der Waals surface area contributed by atoms with Crippen LogP contribution in [0.4, 0.5) is 5.69 Å².